The van der Waals surface area contributed by atoms with Crippen molar-refractivity contribution in [3.05, 3.63) is 11.9 Å². The average molecular weight is 396 g/mol. The molecule has 2 aromatic rings. The van der Waals surface area contributed by atoms with E-state index in [4.69, 9.17) is 25.7 Å². The van der Waals surface area contributed by atoms with Crippen molar-refractivity contribution in [1.82, 2.24) is 19.6 Å². The SMILES string of the molecule is CCCCOC[C@H]1O[C@@H](c2cnc3c(N)nc(N)nn23)[C@H](F)C1OCCCC. The van der Waals surface area contributed by atoms with E-state index in [1.807, 2.05) is 0 Å². The van der Waals surface area contributed by atoms with Gasteiger partial charge in [0.1, 0.15) is 18.3 Å². The largest absolute Gasteiger partial charge is 0.380 e. The third-order valence-corrected chi connectivity index (χ3v) is 4.75. The second kappa shape index (κ2) is 9.44. The molecular weight excluding hydrogens is 367 g/mol. The van der Waals surface area contributed by atoms with E-state index in [0.717, 1.165) is 25.7 Å². The van der Waals surface area contributed by atoms with Gasteiger partial charge in [-0.3, -0.25) is 0 Å². The highest BCUT2D eigenvalue weighted by atomic mass is 19.1. The Bertz CT molecular complexity index is 773. The number of hydrogen-bond donors (Lipinski definition) is 2. The maximum Gasteiger partial charge on any atom is 0.240 e. The number of nitrogens with two attached hydrogens (primary N) is 2. The molecule has 4 N–H and O–H groups in total. The van der Waals surface area contributed by atoms with Gasteiger partial charge in [0.15, 0.2) is 17.6 Å². The summed E-state index contributed by atoms with van der Waals surface area (Å²) in [4.78, 5) is 8.07. The quantitative estimate of drug-likeness (QED) is 0.585. The van der Waals surface area contributed by atoms with Gasteiger partial charge in [0.25, 0.3) is 0 Å². The third kappa shape index (κ3) is 4.34. The minimum Gasteiger partial charge on any atom is -0.380 e. The summed E-state index contributed by atoms with van der Waals surface area (Å²) in [6.45, 7) is 5.49. The summed E-state index contributed by atoms with van der Waals surface area (Å²) < 4.78 is 34.2. The lowest BCUT2D eigenvalue weighted by Gasteiger charge is -2.20. The number of ether oxygens (including phenoxy) is 3. The molecular formula is C18H29FN6O3. The Morgan fingerprint density at radius 1 is 1.21 bits per heavy atom. The van der Waals surface area contributed by atoms with E-state index < -0.39 is 24.5 Å². The number of halogens is 1. The molecule has 0 saturated carbocycles. The predicted octanol–water partition coefficient (Wildman–Crippen LogP) is 2.07. The number of nitrogens with zero attached hydrogens (tertiary/aromatic N) is 4. The Hall–Kier alpha value is -2.04. The molecule has 0 bridgehead atoms. The summed E-state index contributed by atoms with van der Waals surface area (Å²) in [7, 11) is 0. The molecule has 156 valence electrons. The fraction of sp³-hybridized carbons (Fsp3) is 0.722. The molecule has 9 nitrogen and oxygen atoms in total. The zero-order valence-electron chi connectivity index (χ0n) is 16.4. The summed E-state index contributed by atoms with van der Waals surface area (Å²) in [5.74, 6) is 0.107. The number of nitrogen functional groups attached to an aromatic ring is 2. The molecule has 28 heavy (non-hydrogen) atoms. The standard InChI is InChI=1S/C18H29FN6O3/c1-3-5-7-26-10-12-15(27-8-6-4-2)13(19)14(28-12)11-9-22-17-16(20)23-18(21)24-25(11)17/h9,12-15H,3-8,10H2,1-2H3,(H4,20,21,23,24)/t12-,13+,14+,15?/m1/s1. The molecule has 1 saturated heterocycles. The molecule has 1 unspecified atom stereocenters. The Labute approximate surface area is 163 Å². The van der Waals surface area contributed by atoms with Crippen LogP contribution in [0.25, 0.3) is 5.65 Å². The minimum atomic E-state index is -1.39. The van der Waals surface area contributed by atoms with Crippen LogP contribution in [0.3, 0.4) is 0 Å². The van der Waals surface area contributed by atoms with Crippen molar-refractivity contribution in [2.45, 2.75) is 64.0 Å². The fourth-order valence-electron chi connectivity index (χ4n) is 3.22. The van der Waals surface area contributed by atoms with Crippen LogP contribution in [0.5, 0.6) is 0 Å². The van der Waals surface area contributed by atoms with E-state index in [-0.39, 0.29) is 18.4 Å². The number of fused-ring (bicyclic) bond motifs is 1. The second-order valence-electron chi connectivity index (χ2n) is 6.93. The van der Waals surface area contributed by atoms with Crippen molar-refractivity contribution in [3.8, 4) is 0 Å². The van der Waals surface area contributed by atoms with E-state index in [9.17, 15) is 0 Å². The molecule has 3 rings (SSSR count). The monoisotopic (exact) mass is 396 g/mol. The van der Waals surface area contributed by atoms with Gasteiger partial charge in [-0.15, -0.1) is 5.10 Å². The van der Waals surface area contributed by atoms with Crippen molar-refractivity contribution in [2.24, 2.45) is 0 Å². The van der Waals surface area contributed by atoms with Gasteiger partial charge in [-0.1, -0.05) is 26.7 Å². The molecule has 0 aromatic carbocycles. The lowest BCUT2D eigenvalue weighted by Crippen LogP contribution is -2.34. The van der Waals surface area contributed by atoms with E-state index in [1.54, 1.807) is 0 Å². The predicted molar refractivity (Wildman–Crippen MR) is 102 cm³/mol. The van der Waals surface area contributed by atoms with E-state index in [0.29, 0.717) is 24.6 Å². The molecule has 1 aliphatic heterocycles. The molecule has 3 heterocycles. The Kier molecular flexibility index (Phi) is 6.97. The number of aromatic nitrogens is 4. The van der Waals surface area contributed by atoms with Gasteiger partial charge in [0.05, 0.1) is 18.5 Å². The summed E-state index contributed by atoms with van der Waals surface area (Å²) in [5, 5.41) is 4.11. The van der Waals surface area contributed by atoms with Crippen LogP contribution in [0.1, 0.15) is 51.3 Å². The molecule has 0 amide bonds. The first-order valence-corrected chi connectivity index (χ1v) is 9.82. The molecule has 1 fully saturated rings. The lowest BCUT2D eigenvalue weighted by atomic mass is 10.1. The fourth-order valence-corrected chi connectivity index (χ4v) is 3.22. The summed E-state index contributed by atoms with van der Waals surface area (Å²) in [6, 6.07) is 0. The highest BCUT2D eigenvalue weighted by Crippen LogP contribution is 2.38. The van der Waals surface area contributed by atoms with Crippen LogP contribution in [-0.4, -0.2) is 57.8 Å². The number of unbranched alkanes of at least 4 members (excludes halogenated alkanes) is 2. The smallest absolute Gasteiger partial charge is 0.240 e. The molecule has 4 atom stereocenters. The first kappa shape index (κ1) is 20.7. The maximum absolute atomic E-state index is 15.3. The first-order chi connectivity index (χ1) is 13.6. The van der Waals surface area contributed by atoms with Gasteiger partial charge >= 0.3 is 0 Å². The van der Waals surface area contributed by atoms with Crippen molar-refractivity contribution < 1.29 is 18.6 Å². The van der Waals surface area contributed by atoms with Crippen molar-refractivity contribution in [3.63, 3.8) is 0 Å². The van der Waals surface area contributed by atoms with Crippen LogP contribution in [0.2, 0.25) is 0 Å². The zero-order chi connectivity index (χ0) is 20.1. The van der Waals surface area contributed by atoms with Crippen LogP contribution >= 0.6 is 0 Å². The van der Waals surface area contributed by atoms with Crippen LogP contribution in [0.15, 0.2) is 6.20 Å². The van der Waals surface area contributed by atoms with Crippen LogP contribution in [0.4, 0.5) is 16.2 Å². The number of anilines is 2. The van der Waals surface area contributed by atoms with Gasteiger partial charge in [0, 0.05) is 13.2 Å². The molecule has 0 spiro atoms. The second-order valence-corrected chi connectivity index (χ2v) is 6.93. The van der Waals surface area contributed by atoms with Gasteiger partial charge in [-0.25, -0.2) is 13.9 Å². The van der Waals surface area contributed by atoms with Gasteiger partial charge in [-0.2, -0.15) is 4.98 Å². The van der Waals surface area contributed by atoms with Gasteiger partial charge in [0.2, 0.25) is 5.95 Å². The average Bonchev–Trinajstić information content (AvgIpc) is 3.21. The Morgan fingerprint density at radius 3 is 2.71 bits per heavy atom. The van der Waals surface area contributed by atoms with Crippen LogP contribution in [0, 0.1) is 0 Å². The van der Waals surface area contributed by atoms with Gasteiger partial charge < -0.3 is 25.7 Å². The van der Waals surface area contributed by atoms with E-state index in [1.165, 1.54) is 10.7 Å². The molecule has 1 aliphatic rings. The highest BCUT2D eigenvalue weighted by Gasteiger charge is 2.48. The normalized spacial score (nSPS) is 25.0. The molecule has 0 aliphatic carbocycles. The third-order valence-electron chi connectivity index (χ3n) is 4.75. The number of rotatable bonds is 10. The van der Waals surface area contributed by atoms with Crippen LogP contribution < -0.4 is 11.5 Å². The first-order valence-electron chi connectivity index (χ1n) is 9.82. The van der Waals surface area contributed by atoms with Gasteiger partial charge in [-0.05, 0) is 12.8 Å². The van der Waals surface area contributed by atoms with E-state index in [2.05, 4.69) is 28.9 Å². The van der Waals surface area contributed by atoms with Crippen molar-refractivity contribution >= 4 is 17.4 Å². The van der Waals surface area contributed by atoms with Crippen molar-refractivity contribution in [2.75, 3.05) is 31.3 Å². The van der Waals surface area contributed by atoms with Crippen LogP contribution in [-0.2, 0) is 14.2 Å². The minimum absolute atomic E-state index is 0.0205. The summed E-state index contributed by atoms with van der Waals surface area (Å²) in [5.41, 5.74) is 12.3. The molecule has 2 aromatic heterocycles. The number of alkyl halides is 1. The van der Waals surface area contributed by atoms with Crippen molar-refractivity contribution in [1.29, 1.82) is 0 Å². The number of imidazole rings is 1. The Balaban J connectivity index is 1.81. The highest BCUT2D eigenvalue weighted by molar-refractivity contribution is 5.60. The summed E-state index contributed by atoms with van der Waals surface area (Å²) in [6.07, 6.45) is 1.74. The maximum atomic E-state index is 15.3. The topological polar surface area (TPSA) is 123 Å². The number of hydrogen-bond acceptors (Lipinski definition) is 8. The molecule has 10 heteroatoms. The zero-order valence-corrected chi connectivity index (χ0v) is 16.4. The molecule has 0 radical (unpaired) electrons. The Morgan fingerprint density at radius 2 is 1.96 bits per heavy atom. The summed E-state index contributed by atoms with van der Waals surface area (Å²) >= 11 is 0. The lowest BCUT2D eigenvalue weighted by molar-refractivity contribution is -0.0673. The van der Waals surface area contributed by atoms with E-state index >= 15 is 4.39 Å².